The van der Waals surface area contributed by atoms with Crippen molar-refractivity contribution in [3.63, 3.8) is 0 Å². The van der Waals surface area contributed by atoms with Crippen molar-refractivity contribution >= 4 is 11.6 Å². The highest BCUT2D eigenvalue weighted by molar-refractivity contribution is 5.88. The van der Waals surface area contributed by atoms with Gasteiger partial charge in [0.25, 0.3) is 5.95 Å². The van der Waals surface area contributed by atoms with Crippen LogP contribution in [0.3, 0.4) is 0 Å². The van der Waals surface area contributed by atoms with Gasteiger partial charge in [-0.2, -0.15) is 5.10 Å². The number of carbonyl (C=O) groups excluding carboxylic acids is 1. The highest BCUT2D eigenvalue weighted by Crippen LogP contribution is 2.14. The van der Waals surface area contributed by atoms with Gasteiger partial charge in [0.05, 0.1) is 23.8 Å². The number of amides is 1. The lowest BCUT2D eigenvalue weighted by Crippen LogP contribution is -2.09. The van der Waals surface area contributed by atoms with Gasteiger partial charge in [-0.3, -0.25) is 4.79 Å². The van der Waals surface area contributed by atoms with E-state index >= 15 is 0 Å². The topological polar surface area (TPSA) is 72.7 Å². The Labute approximate surface area is 105 Å². The number of nitrogens with zero attached hydrogens (tertiary/aromatic N) is 4. The van der Waals surface area contributed by atoms with E-state index in [4.69, 9.17) is 0 Å². The van der Waals surface area contributed by atoms with Gasteiger partial charge >= 0.3 is 0 Å². The molecular weight excluding hydrogens is 230 g/mol. The van der Waals surface area contributed by atoms with Crippen LogP contribution in [0.4, 0.5) is 5.69 Å². The molecule has 6 heteroatoms. The van der Waals surface area contributed by atoms with E-state index in [1.54, 1.807) is 17.1 Å². The summed E-state index contributed by atoms with van der Waals surface area (Å²) in [5, 5.41) is 7.00. The second kappa shape index (κ2) is 4.56. The molecular formula is C12H15N5O. The van der Waals surface area contributed by atoms with Crippen LogP contribution in [-0.2, 0) is 4.79 Å². The van der Waals surface area contributed by atoms with Crippen LogP contribution in [-0.4, -0.2) is 25.7 Å². The van der Waals surface area contributed by atoms with E-state index in [1.807, 2.05) is 20.8 Å². The molecule has 2 aromatic rings. The Kier molecular flexibility index (Phi) is 3.10. The van der Waals surface area contributed by atoms with Crippen molar-refractivity contribution in [2.24, 2.45) is 0 Å². The molecule has 18 heavy (non-hydrogen) atoms. The average molecular weight is 245 g/mol. The van der Waals surface area contributed by atoms with Crippen LogP contribution in [0.15, 0.2) is 12.4 Å². The van der Waals surface area contributed by atoms with Crippen LogP contribution in [0.1, 0.15) is 23.9 Å². The Hall–Kier alpha value is -2.24. The van der Waals surface area contributed by atoms with Gasteiger partial charge in [-0.15, -0.1) is 0 Å². The standard InChI is InChI=1S/C12H15N5O/c1-7-8(2)16-17(9(7)3)12-13-5-11(6-14-12)15-10(4)18/h5-6H,1-4H3,(H,15,18). The molecule has 0 fully saturated rings. The van der Waals surface area contributed by atoms with E-state index in [9.17, 15) is 4.79 Å². The van der Waals surface area contributed by atoms with Gasteiger partial charge < -0.3 is 5.32 Å². The minimum Gasteiger partial charge on any atom is -0.324 e. The van der Waals surface area contributed by atoms with Gasteiger partial charge in [0.1, 0.15) is 0 Å². The van der Waals surface area contributed by atoms with Crippen LogP contribution in [0.5, 0.6) is 0 Å². The van der Waals surface area contributed by atoms with Crippen LogP contribution in [0.2, 0.25) is 0 Å². The monoisotopic (exact) mass is 245 g/mol. The van der Waals surface area contributed by atoms with Gasteiger partial charge in [0, 0.05) is 12.6 Å². The molecule has 0 aromatic carbocycles. The maximum Gasteiger partial charge on any atom is 0.250 e. The number of aryl methyl sites for hydroxylation is 1. The number of nitrogens with one attached hydrogen (secondary N) is 1. The van der Waals surface area contributed by atoms with Crippen molar-refractivity contribution < 1.29 is 4.79 Å². The molecule has 0 unspecified atom stereocenters. The fourth-order valence-electron chi connectivity index (χ4n) is 1.61. The van der Waals surface area contributed by atoms with Crippen molar-refractivity contribution in [3.05, 3.63) is 29.3 Å². The average Bonchev–Trinajstić information content (AvgIpc) is 2.57. The number of hydrogen-bond donors (Lipinski definition) is 1. The van der Waals surface area contributed by atoms with Gasteiger partial charge in [-0.1, -0.05) is 0 Å². The molecule has 0 saturated heterocycles. The van der Waals surface area contributed by atoms with E-state index in [1.165, 1.54) is 6.92 Å². The fourth-order valence-corrected chi connectivity index (χ4v) is 1.61. The predicted molar refractivity (Wildman–Crippen MR) is 67.7 cm³/mol. The third-order valence-electron chi connectivity index (χ3n) is 2.80. The highest BCUT2D eigenvalue weighted by Gasteiger charge is 2.10. The lowest BCUT2D eigenvalue weighted by Gasteiger charge is -2.04. The third kappa shape index (κ3) is 2.22. The summed E-state index contributed by atoms with van der Waals surface area (Å²) < 4.78 is 1.70. The van der Waals surface area contributed by atoms with E-state index in [0.717, 1.165) is 17.0 Å². The molecule has 0 aliphatic rings. The number of hydrogen-bond acceptors (Lipinski definition) is 4. The molecule has 2 heterocycles. The van der Waals surface area contributed by atoms with Crippen molar-refractivity contribution in [2.75, 3.05) is 5.32 Å². The Morgan fingerprint density at radius 2 is 1.83 bits per heavy atom. The Bertz CT molecular complexity index is 585. The molecule has 0 atom stereocenters. The van der Waals surface area contributed by atoms with E-state index in [0.29, 0.717) is 11.6 Å². The zero-order chi connectivity index (χ0) is 13.3. The maximum atomic E-state index is 10.9. The molecule has 2 rings (SSSR count). The first kappa shape index (κ1) is 12.2. The minimum absolute atomic E-state index is 0.145. The quantitative estimate of drug-likeness (QED) is 0.871. The second-order valence-corrected chi connectivity index (χ2v) is 4.16. The van der Waals surface area contributed by atoms with Crippen LogP contribution < -0.4 is 5.32 Å². The molecule has 0 radical (unpaired) electrons. The van der Waals surface area contributed by atoms with Crippen molar-refractivity contribution in [1.82, 2.24) is 19.7 Å². The molecule has 2 aromatic heterocycles. The number of carbonyl (C=O) groups is 1. The number of rotatable bonds is 2. The van der Waals surface area contributed by atoms with Crippen LogP contribution in [0, 0.1) is 20.8 Å². The molecule has 1 amide bonds. The summed E-state index contributed by atoms with van der Waals surface area (Å²) in [6.45, 7) is 7.38. The van der Waals surface area contributed by atoms with Crippen molar-refractivity contribution in [3.8, 4) is 5.95 Å². The molecule has 0 bridgehead atoms. The summed E-state index contributed by atoms with van der Waals surface area (Å²) in [7, 11) is 0. The first-order valence-corrected chi connectivity index (χ1v) is 5.62. The smallest absolute Gasteiger partial charge is 0.250 e. The molecule has 94 valence electrons. The maximum absolute atomic E-state index is 10.9. The summed E-state index contributed by atoms with van der Waals surface area (Å²) in [5.41, 5.74) is 3.68. The molecule has 1 N–H and O–H groups in total. The summed E-state index contributed by atoms with van der Waals surface area (Å²) in [6.07, 6.45) is 3.13. The van der Waals surface area contributed by atoms with E-state index in [-0.39, 0.29) is 5.91 Å². The summed E-state index contributed by atoms with van der Waals surface area (Å²) in [5.74, 6) is 0.353. The first-order chi connectivity index (χ1) is 8.49. The zero-order valence-corrected chi connectivity index (χ0v) is 10.9. The van der Waals surface area contributed by atoms with Crippen LogP contribution in [0.25, 0.3) is 5.95 Å². The minimum atomic E-state index is -0.145. The SMILES string of the molecule is CC(=O)Nc1cnc(-n2nc(C)c(C)c2C)nc1. The molecule has 0 aliphatic heterocycles. The molecule has 0 aliphatic carbocycles. The first-order valence-electron chi connectivity index (χ1n) is 5.62. The lowest BCUT2D eigenvalue weighted by atomic mass is 10.2. The van der Waals surface area contributed by atoms with Gasteiger partial charge in [-0.25, -0.2) is 14.6 Å². The van der Waals surface area contributed by atoms with Gasteiger partial charge in [-0.05, 0) is 26.3 Å². The predicted octanol–water partition coefficient (Wildman–Crippen LogP) is 1.55. The number of aromatic nitrogens is 4. The summed E-state index contributed by atoms with van der Waals surface area (Å²) in [6, 6.07) is 0. The lowest BCUT2D eigenvalue weighted by molar-refractivity contribution is -0.114. The summed E-state index contributed by atoms with van der Waals surface area (Å²) >= 11 is 0. The zero-order valence-electron chi connectivity index (χ0n) is 10.9. The highest BCUT2D eigenvalue weighted by atomic mass is 16.1. The number of anilines is 1. The van der Waals surface area contributed by atoms with Crippen molar-refractivity contribution in [1.29, 1.82) is 0 Å². The largest absolute Gasteiger partial charge is 0.324 e. The van der Waals surface area contributed by atoms with E-state index in [2.05, 4.69) is 20.4 Å². The Morgan fingerprint density at radius 1 is 1.22 bits per heavy atom. The summed E-state index contributed by atoms with van der Waals surface area (Å²) in [4.78, 5) is 19.3. The molecule has 6 nitrogen and oxygen atoms in total. The fraction of sp³-hybridized carbons (Fsp3) is 0.333. The van der Waals surface area contributed by atoms with E-state index < -0.39 is 0 Å². The van der Waals surface area contributed by atoms with Crippen molar-refractivity contribution in [2.45, 2.75) is 27.7 Å². The molecule has 0 saturated carbocycles. The van der Waals surface area contributed by atoms with Crippen LogP contribution >= 0.6 is 0 Å². The Morgan fingerprint density at radius 3 is 2.28 bits per heavy atom. The third-order valence-corrected chi connectivity index (χ3v) is 2.80. The normalized spacial score (nSPS) is 10.4. The molecule has 0 spiro atoms. The second-order valence-electron chi connectivity index (χ2n) is 4.16. The Balaban J connectivity index is 2.34. The van der Waals surface area contributed by atoms with Gasteiger partial charge in [0.15, 0.2) is 0 Å². The van der Waals surface area contributed by atoms with Gasteiger partial charge in [0.2, 0.25) is 5.91 Å².